The second kappa shape index (κ2) is 4.55. The van der Waals surface area contributed by atoms with Crippen LogP contribution in [0.5, 0.6) is 0 Å². The molecular weight excluding hydrogens is 150 g/mol. The van der Waals surface area contributed by atoms with Gasteiger partial charge in [-0.15, -0.1) is 0 Å². The van der Waals surface area contributed by atoms with Crippen LogP contribution in [0.1, 0.15) is 30.8 Å². The summed E-state index contributed by atoms with van der Waals surface area (Å²) in [5.41, 5.74) is 2.56. The number of aromatic nitrogens is 2. The molecule has 3 nitrogen and oxygen atoms in total. The minimum absolute atomic E-state index is 0.528. The van der Waals surface area contributed by atoms with Crippen LogP contribution in [0.4, 0.5) is 0 Å². The van der Waals surface area contributed by atoms with E-state index < -0.39 is 0 Å². The summed E-state index contributed by atoms with van der Waals surface area (Å²) >= 11 is 0. The highest BCUT2D eigenvalue weighted by Crippen LogP contribution is 2.08. The predicted octanol–water partition coefficient (Wildman–Crippen LogP) is 1.93. The molecule has 1 aromatic heterocycles. The summed E-state index contributed by atoms with van der Waals surface area (Å²) in [6, 6.07) is 2.02. The fraction of sp³-hybridized carbons (Fsp3) is 0.556. The maximum Gasteiger partial charge on any atom is 0.165 e. The highest BCUT2D eigenvalue weighted by atomic mass is 15.3. The number of aryl methyl sites for hydroxylation is 1. The summed E-state index contributed by atoms with van der Waals surface area (Å²) < 4.78 is 1.72. The van der Waals surface area contributed by atoms with Gasteiger partial charge in [0.25, 0.3) is 0 Å². The molecule has 0 amide bonds. The smallest absolute Gasteiger partial charge is 0.165 e. The molecule has 0 fully saturated rings. The van der Waals surface area contributed by atoms with Gasteiger partial charge in [-0.25, -0.2) is 0 Å². The second-order valence-corrected chi connectivity index (χ2v) is 2.29. The molecule has 12 heavy (non-hydrogen) atoms. The van der Waals surface area contributed by atoms with Gasteiger partial charge in [0.05, 0.1) is 0 Å². The highest BCUT2D eigenvalue weighted by molar-refractivity contribution is 5.32. The lowest BCUT2D eigenvalue weighted by molar-refractivity contribution is 0.735. The largest absolute Gasteiger partial charge is 0.271 e. The van der Waals surface area contributed by atoms with Gasteiger partial charge in [0, 0.05) is 18.3 Å². The van der Waals surface area contributed by atoms with Gasteiger partial charge >= 0.3 is 0 Å². The van der Waals surface area contributed by atoms with Crippen LogP contribution in [0.2, 0.25) is 0 Å². The molecule has 0 saturated heterocycles. The fourth-order valence-electron chi connectivity index (χ4n) is 0.820. The van der Waals surface area contributed by atoms with Gasteiger partial charge in [0.15, 0.2) is 5.69 Å². The quantitative estimate of drug-likeness (QED) is 0.589. The third-order valence-corrected chi connectivity index (χ3v) is 1.74. The van der Waals surface area contributed by atoms with E-state index in [1.807, 2.05) is 40.8 Å². The molecule has 0 aliphatic carbocycles. The molecule has 0 N–H and O–H groups in total. The topological polar surface area (TPSA) is 41.6 Å². The summed E-state index contributed by atoms with van der Waals surface area (Å²) in [6.45, 7) is 7.85. The molecule has 1 heterocycles. The zero-order valence-corrected chi connectivity index (χ0v) is 8.34. The van der Waals surface area contributed by atoms with E-state index in [1.54, 1.807) is 4.68 Å². The van der Waals surface area contributed by atoms with Crippen LogP contribution in [-0.4, -0.2) is 9.78 Å². The SMILES string of the molecule is CC.Cc1c(C#N)nn(C)c1C. The minimum atomic E-state index is 0.528. The van der Waals surface area contributed by atoms with Gasteiger partial charge < -0.3 is 0 Å². The van der Waals surface area contributed by atoms with Crippen LogP contribution in [0.25, 0.3) is 0 Å². The van der Waals surface area contributed by atoms with E-state index in [2.05, 4.69) is 5.10 Å². The Hall–Kier alpha value is -1.30. The van der Waals surface area contributed by atoms with Crippen LogP contribution >= 0.6 is 0 Å². The normalized spacial score (nSPS) is 8.33. The third-order valence-electron chi connectivity index (χ3n) is 1.74. The Labute approximate surface area is 73.6 Å². The molecule has 66 valence electrons. The van der Waals surface area contributed by atoms with Gasteiger partial charge in [0.2, 0.25) is 0 Å². The van der Waals surface area contributed by atoms with Crippen molar-refractivity contribution in [1.82, 2.24) is 9.78 Å². The van der Waals surface area contributed by atoms with Crippen molar-refractivity contribution in [2.45, 2.75) is 27.7 Å². The minimum Gasteiger partial charge on any atom is -0.271 e. The van der Waals surface area contributed by atoms with Crippen molar-refractivity contribution < 1.29 is 0 Å². The average molecular weight is 165 g/mol. The summed E-state index contributed by atoms with van der Waals surface area (Å²) in [4.78, 5) is 0. The number of nitriles is 1. The average Bonchev–Trinajstić information content (AvgIpc) is 2.36. The Morgan fingerprint density at radius 2 is 1.83 bits per heavy atom. The number of rotatable bonds is 0. The van der Waals surface area contributed by atoms with Crippen molar-refractivity contribution >= 4 is 0 Å². The van der Waals surface area contributed by atoms with Crippen molar-refractivity contribution in [3.05, 3.63) is 17.0 Å². The Kier molecular flexibility index (Phi) is 4.06. The molecule has 3 heteroatoms. The lowest BCUT2D eigenvalue weighted by Crippen LogP contribution is -1.92. The predicted molar refractivity (Wildman–Crippen MR) is 48.7 cm³/mol. The van der Waals surface area contributed by atoms with Crippen molar-refractivity contribution in [1.29, 1.82) is 5.26 Å². The molecule has 0 spiro atoms. The molecule has 1 rings (SSSR count). The van der Waals surface area contributed by atoms with E-state index in [4.69, 9.17) is 5.26 Å². The second-order valence-electron chi connectivity index (χ2n) is 2.29. The van der Waals surface area contributed by atoms with Gasteiger partial charge in [-0.3, -0.25) is 4.68 Å². The van der Waals surface area contributed by atoms with Crippen LogP contribution in [-0.2, 0) is 7.05 Å². The monoisotopic (exact) mass is 165 g/mol. The van der Waals surface area contributed by atoms with Crippen LogP contribution in [0.3, 0.4) is 0 Å². The van der Waals surface area contributed by atoms with E-state index in [0.717, 1.165) is 11.3 Å². The van der Waals surface area contributed by atoms with Gasteiger partial charge in [-0.05, 0) is 13.8 Å². The van der Waals surface area contributed by atoms with Crippen molar-refractivity contribution in [2.24, 2.45) is 7.05 Å². The Morgan fingerprint density at radius 3 is 2.00 bits per heavy atom. The Balaban J connectivity index is 0.000000561. The molecule has 0 atom stereocenters. The zero-order valence-electron chi connectivity index (χ0n) is 8.34. The van der Waals surface area contributed by atoms with E-state index in [0.29, 0.717) is 5.69 Å². The highest BCUT2D eigenvalue weighted by Gasteiger charge is 2.05. The first-order chi connectivity index (χ1) is 5.66. The molecule has 0 saturated carbocycles. The van der Waals surface area contributed by atoms with E-state index in [-0.39, 0.29) is 0 Å². The van der Waals surface area contributed by atoms with E-state index >= 15 is 0 Å². The summed E-state index contributed by atoms with van der Waals surface area (Å²) in [5.74, 6) is 0. The van der Waals surface area contributed by atoms with E-state index in [1.165, 1.54) is 0 Å². The number of hydrogen-bond donors (Lipinski definition) is 0. The first-order valence-corrected chi connectivity index (χ1v) is 4.07. The summed E-state index contributed by atoms with van der Waals surface area (Å²) in [7, 11) is 1.84. The van der Waals surface area contributed by atoms with Gasteiger partial charge in [-0.1, -0.05) is 13.8 Å². The van der Waals surface area contributed by atoms with Crippen LogP contribution < -0.4 is 0 Å². The van der Waals surface area contributed by atoms with Crippen molar-refractivity contribution in [2.75, 3.05) is 0 Å². The lowest BCUT2D eigenvalue weighted by atomic mass is 10.2. The Morgan fingerprint density at radius 1 is 1.33 bits per heavy atom. The first kappa shape index (κ1) is 10.7. The summed E-state index contributed by atoms with van der Waals surface area (Å²) in [6.07, 6.45) is 0. The fourth-order valence-corrected chi connectivity index (χ4v) is 0.820. The van der Waals surface area contributed by atoms with Crippen LogP contribution in [0.15, 0.2) is 0 Å². The maximum absolute atomic E-state index is 8.53. The molecular formula is C9H15N3. The molecule has 0 aromatic carbocycles. The van der Waals surface area contributed by atoms with E-state index in [9.17, 15) is 0 Å². The van der Waals surface area contributed by atoms with Gasteiger partial charge in [-0.2, -0.15) is 10.4 Å². The van der Waals surface area contributed by atoms with Crippen molar-refractivity contribution in [3.8, 4) is 6.07 Å². The molecule has 0 radical (unpaired) electrons. The number of hydrogen-bond acceptors (Lipinski definition) is 2. The number of nitrogens with zero attached hydrogens (tertiary/aromatic N) is 3. The first-order valence-electron chi connectivity index (χ1n) is 4.07. The van der Waals surface area contributed by atoms with Gasteiger partial charge in [0.1, 0.15) is 6.07 Å². The molecule has 0 aliphatic rings. The molecule has 1 aromatic rings. The molecule has 0 unspecified atom stereocenters. The standard InChI is InChI=1S/C7H9N3.C2H6/c1-5-6(2)10(3)9-7(5)4-8;1-2/h1-3H3;1-2H3. The maximum atomic E-state index is 8.53. The third kappa shape index (κ3) is 1.85. The van der Waals surface area contributed by atoms with Crippen LogP contribution in [0, 0.1) is 25.2 Å². The zero-order chi connectivity index (χ0) is 9.72. The lowest BCUT2D eigenvalue weighted by Gasteiger charge is -1.90. The van der Waals surface area contributed by atoms with Crippen molar-refractivity contribution in [3.63, 3.8) is 0 Å². The summed E-state index contributed by atoms with van der Waals surface area (Å²) in [5, 5.41) is 12.5. The molecule has 0 aliphatic heterocycles. The Bertz CT molecular complexity index is 291. The molecule has 0 bridgehead atoms.